The highest BCUT2D eigenvalue weighted by molar-refractivity contribution is 5.35. The number of aliphatic hydroxyl groups excluding tert-OH is 1. The summed E-state index contributed by atoms with van der Waals surface area (Å²) < 4.78 is 5.55. The highest BCUT2D eigenvalue weighted by Gasteiger charge is 2.03. The third-order valence-corrected chi connectivity index (χ3v) is 2.31. The number of hydrogen-bond acceptors (Lipinski definition) is 3. The molecule has 3 N–H and O–H groups in total. The van der Waals surface area contributed by atoms with Gasteiger partial charge in [-0.25, -0.2) is 0 Å². The first-order valence-electron chi connectivity index (χ1n) is 5.21. The van der Waals surface area contributed by atoms with Crippen LogP contribution in [0.1, 0.15) is 17.5 Å². The van der Waals surface area contributed by atoms with Gasteiger partial charge in [-0.05, 0) is 25.5 Å². The summed E-state index contributed by atoms with van der Waals surface area (Å²) in [5, 5.41) is 9.24. The van der Waals surface area contributed by atoms with Crippen molar-refractivity contribution in [3.63, 3.8) is 0 Å². The molecule has 0 spiro atoms. The Balaban J connectivity index is 2.44. The molecule has 0 radical (unpaired) electrons. The number of ether oxygens (including phenoxy) is 1. The zero-order valence-electron chi connectivity index (χ0n) is 9.36. The number of rotatable bonds is 5. The van der Waals surface area contributed by atoms with Crippen molar-refractivity contribution in [1.29, 1.82) is 0 Å². The van der Waals surface area contributed by atoms with Gasteiger partial charge >= 0.3 is 0 Å². The molecule has 0 saturated heterocycles. The Hall–Kier alpha value is -1.06. The van der Waals surface area contributed by atoms with Crippen molar-refractivity contribution in [3.8, 4) is 5.75 Å². The summed E-state index contributed by atoms with van der Waals surface area (Å²) in [6.07, 6.45) is 0.111. The second-order valence-electron chi connectivity index (χ2n) is 3.80. The van der Waals surface area contributed by atoms with Crippen LogP contribution in [0.5, 0.6) is 5.75 Å². The third kappa shape index (κ3) is 3.90. The van der Waals surface area contributed by atoms with Crippen molar-refractivity contribution < 1.29 is 9.84 Å². The molecule has 0 amide bonds. The maximum absolute atomic E-state index is 9.24. The fraction of sp³-hybridized carbons (Fsp3) is 0.500. The predicted octanol–water partition coefficient (Wildman–Crippen LogP) is 1.39. The molecule has 0 aromatic heterocycles. The Kier molecular flexibility index (Phi) is 4.59. The Morgan fingerprint density at radius 3 is 2.73 bits per heavy atom. The minimum Gasteiger partial charge on any atom is -0.493 e. The summed E-state index contributed by atoms with van der Waals surface area (Å²) in [4.78, 5) is 0. The van der Waals surface area contributed by atoms with Crippen LogP contribution in [0.2, 0.25) is 0 Å². The fourth-order valence-corrected chi connectivity index (χ4v) is 1.38. The fourth-order valence-electron chi connectivity index (χ4n) is 1.38. The zero-order valence-corrected chi connectivity index (χ0v) is 9.36. The first-order valence-corrected chi connectivity index (χ1v) is 5.21. The molecular weight excluding hydrogens is 190 g/mol. The average Bonchev–Trinajstić information content (AvgIpc) is 2.21. The average molecular weight is 209 g/mol. The highest BCUT2D eigenvalue weighted by atomic mass is 16.5. The van der Waals surface area contributed by atoms with E-state index in [1.54, 1.807) is 0 Å². The molecule has 84 valence electrons. The molecule has 1 aromatic carbocycles. The second kappa shape index (κ2) is 5.73. The predicted molar refractivity (Wildman–Crippen MR) is 61.1 cm³/mol. The molecule has 0 aliphatic rings. The summed E-state index contributed by atoms with van der Waals surface area (Å²) in [5.74, 6) is 0.879. The number of aliphatic hydroxyl groups is 1. The van der Waals surface area contributed by atoms with Crippen molar-refractivity contribution in [2.75, 3.05) is 13.2 Å². The van der Waals surface area contributed by atoms with Crippen LogP contribution in [-0.2, 0) is 0 Å². The summed E-state index contributed by atoms with van der Waals surface area (Å²) in [7, 11) is 0. The van der Waals surface area contributed by atoms with Gasteiger partial charge in [0.2, 0.25) is 0 Å². The summed E-state index contributed by atoms with van der Waals surface area (Å²) in [5.41, 5.74) is 7.64. The maximum Gasteiger partial charge on any atom is 0.122 e. The lowest BCUT2D eigenvalue weighted by Crippen LogP contribution is -2.22. The van der Waals surface area contributed by atoms with Crippen LogP contribution in [0.4, 0.5) is 0 Å². The lowest BCUT2D eigenvalue weighted by atomic mass is 10.1. The van der Waals surface area contributed by atoms with Gasteiger partial charge in [-0.2, -0.15) is 0 Å². The van der Waals surface area contributed by atoms with E-state index in [2.05, 4.69) is 13.0 Å². The molecule has 1 rings (SSSR count). The van der Waals surface area contributed by atoms with Crippen LogP contribution in [0.3, 0.4) is 0 Å². The molecule has 1 atom stereocenters. The maximum atomic E-state index is 9.24. The van der Waals surface area contributed by atoms with Crippen LogP contribution >= 0.6 is 0 Å². The quantitative estimate of drug-likeness (QED) is 0.770. The van der Waals surface area contributed by atoms with Crippen molar-refractivity contribution >= 4 is 0 Å². The van der Waals surface area contributed by atoms with E-state index < -0.39 is 6.10 Å². The Morgan fingerprint density at radius 2 is 2.13 bits per heavy atom. The molecule has 0 fully saturated rings. The molecule has 3 nitrogen and oxygen atoms in total. The normalized spacial score (nSPS) is 12.5. The van der Waals surface area contributed by atoms with E-state index in [-0.39, 0.29) is 6.54 Å². The number of aryl methyl sites for hydroxylation is 2. The Labute approximate surface area is 90.9 Å². The molecule has 0 heterocycles. The molecule has 0 saturated carbocycles. The van der Waals surface area contributed by atoms with Gasteiger partial charge < -0.3 is 15.6 Å². The molecule has 0 aliphatic carbocycles. The molecule has 1 unspecified atom stereocenters. The molecule has 1 aromatic rings. The molecule has 15 heavy (non-hydrogen) atoms. The van der Waals surface area contributed by atoms with Gasteiger partial charge in [-0.3, -0.25) is 0 Å². The lowest BCUT2D eigenvalue weighted by molar-refractivity contribution is 0.146. The van der Waals surface area contributed by atoms with E-state index in [9.17, 15) is 5.11 Å². The van der Waals surface area contributed by atoms with Crippen molar-refractivity contribution in [1.82, 2.24) is 0 Å². The third-order valence-electron chi connectivity index (χ3n) is 2.31. The Bertz CT molecular complexity index is 312. The molecule has 0 bridgehead atoms. The van der Waals surface area contributed by atoms with Gasteiger partial charge in [-0.1, -0.05) is 17.7 Å². The number of nitrogens with two attached hydrogens (primary N) is 1. The Morgan fingerprint density at radius 1 is 1.40 bits per heavy atom. The van der Waals surface area contributed by atoms with Crippen molar-refractivity contribution in [2.24, 2.45) is 5.73 Å². The monoisotopic (exact) mass is 209 g/mol. The number of hydrogen-bond donors (Lipinski definition) is 2. The summed E-state index contributed by atoms with van der Waals surface area (Å²) in [6.45, 7) is 4.86. The number of benzene rings is 1. The van der Waals surface area contributed by atoms with E-state index >= 15 is 0 Å². The van der Waals surface area contributed by atoms with Crippen molar-refractivity contribution in [2.45, 2.75) is 26.4 Å². The largest absolute Gasteiger partial charge is 0.493 e. The molecular formula is C12H19NO2. The van der Waals surface area contributed by atoms with Gasteiger partial charge in [0.1, 0.15) is 5.75 Å². The van der Waals surface area contributed by atoms with Crippen LogP contribution in [0, 0.1) is 13.8 Å². The first-order chi connectivity index (χ1) is 7.13. The van der Waals surface area contributed by atoms with Gasteiger partial charge in [0, 0.05) is 13.0 Å². The van der Waals surface area contributed by atoms with Gasteiger partial charge in [0.05, 0.1) is 12.7 Å². The van der Waals surface area contributed by atoms with Crippen LogP contribution in [0.15, 0.2) is 18.2 Å². The van der Waals surface area contributed by atoms with E-state index in [1.807, 2.05) is 19.1 Å². The van der Waals surface area contributed by atoms with Gasteiger partial charge in [0.25, 0.3) is 0 Å². The van der Waals surface area contributed by atoms with Gasteiger partial charge in [-0.15, -0.1) is 0 Å². The van der Waals surface area contributed by atoms with E-state index in [4.69, 9.17) is 10.5 Å². The minimum atomic E-state index is -0.462. The zero-order chi connectivity index (χ0) is 11.3. The summed E-state index contributed by atoms with van der Waals surface area (Å²) >= 11 is 0. The van der Waals surface area contributed by atoms with Crippen LogP contribution in [0.25, 0.3) is 0 Å². The second-order valence-corrected chi connectivity index (χ2v) is 3.80. The summed E-state index contributed by atoms with van der Waals surface area (Å²) in [6, 6.07) is 6.05. The van der Waals surface area contributed by atoms with Crippen LogP contribution in [-0.4, -0.2) is 24.4 Å². The lowest BCUT2D eigenvalue weighted by Gasteiger charge is -2.11. The highest BCUT2D eigenvalue weighted by Crippen LogP contribution is 2.18. The topological polar surface area (TPSA) is 55.5 Å². The van der Waals surface area contributed by atoms with Crippen LogP contribution < -0.4 is 10.5 Å². The van der Waals surface area contributed by atoms with Gasteiger partial charge in [0.15, 0.2) is 0 Å². The smallest absolute Gasteiger partial charge is 0.122 e. The molecule has 3 heteroatoms. The van der Waals surface area contributed by atoms with E-state index in [1.165, 1.54) is 5.56 Å². The van der Waals surface area contributed by atoms with E-state index in [0.717, 1.165) is 11.3 Å². The van der Waals surface area contributed by atoms with Crippen molar-refractivity contribution in [3.05, 3.63) is 29.3 Å². The van der Waals surface area contributed by atoms with E-state index in [0.29, 0.717) is 13.0 Å². The SMILES string of the molecule is Cc1ccc(OCCC(O)CN)c(C)c1. The first kappa shape index (κ1) is 12.0. The standard InChI is InChI=1S/C12H19NO2/c1-9-3-4-12(10(2)7-9)15-6-5-11(14)8-13/h3-4,7,11,14H,5-6,8,13H2,1-2H3. The minimum absolute atomic E-state index is 0.288. The molecule has 0 aliphatic heterocycles.